The summed E-state index contributed by atoms with van der Waals surface area (Å²) in [5, 5.41) is 0. The Hall–Kier alpha value is 0.284. The third-order valence-corrected chi connectivity index (χ3v) is 2.66. The molecule has 0 N–H and O–H groups in total. The first-order valence-electron chi connectivity index (χ1n) is 2.40. The molecule has 1 aromatic rings. The topological polar surface area (TPSA) is 0 Å². The molecule has 0 bridgehead atoms. The number of rotatable bonds is 1. The first-order chi connectivity index (χ1) is 3.83. The Morgan fingerprint density at radius 3 is 2.62 bits per heavy atom. The molecule has 0 nitrogen and oxygen atoms in total. The van der Waals surface area contributed by atoms with E-state index < -0.39 is 0 Å². The van der Waals surface area contributed by atoms with E-state index in [4.69, 9.17) is 0 Å². The van der Waals surface area contributed by atoms with Crippen molar-refractivity contribution in [1.82, 2.24) is 0 Å². The molecule has 1 heterocycles. The Morgan fingerprint density at radius 1 is 1.62 bits per heavy atom. The average Bonchev–Trinajstić information content (AvgIpc) is 2.14. The number of aryl methyl sites for hydroxylation is 1. The van der Waals surface area contributed by atoms with Crippen LogP contribution in [0.5, 0.6) is 0 Å². The molecule has 0 saturated heterocycles. The van der Waals surface area contributed by atoms with E-state index in [2.05, 4.69) is 43.3 Å². The average molecular weight is 158 g/mol. The maximum atomic E-state index is 2.14. The minimum atomic E-state index is 1.36. The summed E-state index contributed by atoms with van der Waals surface area (Å²) in [5.41, 5.74) is 0. The molecule has 0 radical (unpaired) electrons. The van der Waals surface area contributed by atoms with Gasteiger partial charge in [-0.1, -0.05) is 0 Å². The molecule has 0 atom stereocenters. The van der Waals surface area contributed by atoms with Crippen LogP contribution in [0.4, 0.5) is 0 Å². The van der Waals surface area contributed by atoms with Gasteiger partial charge in [0.2, 0.25) is 0 Å². The molecule has 0 aromatic carbocycles. The van der Waals surface area contributed by atoms with Gasteiger partial charge in [0.1, 0.15) is 0 Å². The van der Waals surface area contributed by atoms with Gasteiger partial charge in [0, 0.05) is 0 Å². The van der Waals surface area contributed by atoms with Crippen LogP contribution < -0.4 is 0 Å². The molecule has 40 valence electrons. The summed E-state index contributed by atoms with van der Waals surface area (Å²) in [6, 6.07) is 4.28. The van der Waals surface area contributed by atoms with Crippen LogP contribution in [0, 0.1) is 6.92 Å². The normalized spacial score (nSPS) is 9.00. The Kier molecular flexibility index (Phi) is 2.18. The van der Waals surface area contributed by atoms with Crippen LogP contribution in [0.2, 0.25) is 0 Å². The Morgan fingerprint density at radius 2 is 2.38 bits per heavy atom. The van der Waals surface area contributed by atoms with Crippen LogP contribution in [-0.4, -0.2) is 4.31 Å². The van der Waals surface area contributed by atoms with Gasteiger partial charge in [-0.15, -0.1) is 0 Å². The third-order valence-electron chi connectivity index (χ3n) is 0.903. The molecular weight excluding hydrogens is 152 g/mol. The predicted octanol–water partition coefficient (Wildman–Crippen LogP) is 1.75. The van der Waals surface area contributed by atoms with Crippen LogP contribution in [0.25, 0.3) is 0 Å². The molecule has 0 unspecified atom stereocenters. The molecule has 1 aromatic heterocycles. The number of thiophene rings is 1. The van der Waals surface area contributed by atoms with Gasteiger partial charge >= 0.3 is 64.4 Å². The molecule has 0 aliphatic carbocycles. The number of hydrogen-bond donors (Lipinski definition) is 0. The van der Waals surface area contributed by atoms with Crippen molar-refractivity contribution in [3.63, 3.8) is 0 Å². The van der Waals surface area contributed by atoms with E-state index in [1.165, 1.54) is 9.75 Å². The van der Waals surface area contributed by atoms with Crippen molar-refractivity contribution in [3.8, 4) is 0 Å². The minimum absolute atomic E-state index is 1.36. The van der Waals surface area contributed by atoms with Crippen molar-refractivity contribution >= 4 is 15.7 Å². The van der Waals surface area contributed by atoms with Gasteiger partial charge < -0.3 is 0 Å². The van der Waals surface area contributed by atoms with Gasteiger partial charge in [-0.05, 0) is 0 Å². The molecule has 2 heteroatoms. The Balaban J connectivity index is 3.00. The fraction of sp³-hybridized carbons (Fsp3) is 0.167. The van der Waals surface area contributed by atoms with Gasteiger partial charge in [-0.3, -0.25) is 0 Å². The second kappa shape index (κ2) is 2.72. The molecule has 0 fully saturated rings. The maximum absolute atomic E-state index is 2.14. The zero-order chi connectivity index (χ0) is 5.98. The van der Waals surface area contributed by atoms with Gasteiger partial charge in [0.15, 0.2) is 0 Å². The summed E-state index contributed by atoms with van der Waals surface area (Å²) in [5.74, 6) is 0. The van der Waals surface area contributed by atoms with Crippen molar-refractivity contribution < 1.29 is 20.0 Å². The molecule has 0 aliphatic heterocycles. The van der Waals surface area contributed by atoms with Crippen LogP contribution >= 0.6 is 11.3 Å². The van der Waals surface area contributed by atoms with Crippen molar-refractivity contribution in [2.75, 3.05) is 0 Å². The summed E-state index contributed by atoms with van der Waals surface area (Å²) >= 11 is 3.89. The molecule has 0 aliphatic rings. The van der Waals surface area contributed by atoms with Crippen molar-refractivity contribution in [2.45, 2.75) is 6.92 Å². The fourth-order valence-corrected chi connectivity index (χ4v) is 1.66. The van der Waals surface area contributed by atoms with Gasteiger partial charge in [-0.25, -0.2) is 0 Å². The fourth-order valence-electron chi connectivity index (χ4n) is 0.531. The van der Waals surface area contributed by atoms with Crippen molar-refractivity contribution in [3.05, 3.63) is 21.9 Å². The van der Waals surface area contributed by atoms with Crippen LogP contribution in [-0.2, 0) is 20.0 Å². The van der Waals surface area contributed by atoms with E-state index in [1.807, 2.05) is 11.3 Å². The van der Waals surface area contributed by atoms with Crippen molar-refractivity contribution in [1.29, 1.82) is 0 Å². The second-order valence-electron chi connectivity index (χ2n) is 1.59. The molecular formula is C6H6STi. The molecule has 0 spiro atoms. The zero-order valence-corrected chi connectivity index (χ0v) is 7.02. The van der Waals surface area contributed by atoms with E-state index in [1.54, 1.807) is 0 Å². The summed E-state index contributed by atoms with van der Waals surface area (Å²) in [7, 11) is 0. The summed E-state index contributed by atoms with van der Waals surface area (Å²) in [6.45, 7) is 2.12. The van der Waals surface area contributed by atoms with Gasteiger partial charge in [0.25, 0.3) is 0 Å². The molecule has 1 rings (SSSR count). The third kappa shape index (κ3) is 1.38. The van der Waals surface area contributed by atoms with E-state index in [0.717, 1.165) is 0 Å². The quantitative estimate of drug-likeness (QED) is 0.546. The first-order valence-corrected chi connectivity index (χ1v) is 4.11. The number of hydrogen-bond acceptors (Lipinski definition) is 1. The van der Waals surface area contributed by atoms with Crippen LogP contribution in [0.3, 0.4) is 0 Å². The zero-order valence-electron chi connectivity index (χ0n) is 4.64. The molecule has 8 heavy (non-hydrogen) atoms. The standard InChI is InChI=1S/C6H6S.Ti/c1-5-3-4-6(2)7-5;/h1,3-4H,2H3;. The predicted molar refractivity (Wildman–Crippen MR) is 34.2 cm³/mol. The van der Waals surface area contributed by atoms with Crippen LogP contribution in [0.15, 0.2) is 12.1 Å². The van der Waals surface area contributed by atoms with Gasteiger partial charge in [-0.2, -0.15) is 0 Å². The van der Waals surface area contributed by atoms with Crippen LogP contribution in [0.1, 0.15) is 9.75 Å². The summed E-state index contributed by atoms with van der Waals surface area (Å²) in [4.78, 5) is 2.75. The first kappa shape index (κ1) is 6.40. The van der Waals surface area contributed by atoms with Crippen molar-refractivity contribution in [2.24, 2.45) is 0 Å². The monoisotopic (exact) mass is 158 g/mol. The second-order valence-corrected chi connectivity index (χ2v) is 3.36. The van der Waals surface area contributed by atoms with E-state index >= 15 is 0 Å². The van der Waals surface area contributed by atoms with E-state index in [-0.39, 0.29) is 0 Å². The molecule has 0 saturated carbocycles. The van der Waals surface area contributed by atoms with Gasteiger partial charge in [0.05, 0.1) is 0 Å². The Labute approximate surface area is 64.5 Å². The Bertz CT molecular complexity index is 190. The summed E-state index contributed by atoms with van der Waals surface area (Å²) in [6.07, 6.45) is 0. The van der Waals surface area contributed by atoms with E-state index in [0.29, 0.717) is 0 Å². The summed E-state index contributed by atoms with van der Waals surface area (Å²) < 4.78 is 2.12. The van der Waals surface area contributed by atoms with E-state index in [9.17, 15) is 0 Å². The SMILES string of the molecule is Cc1ccc([CH]=[Ti])s1. The molecule has 0 amide bonds.